The molecule has 0 bridgehead atoms. The van der Waals surface area contributed by atoms with E-state index in [2.05, 4.69) is 5.32 Å². The number of nitrogens with one attached hydrogen (secondary N) is 1. The molecule has 2 aromatic rings. The molecular weight excluding hydrogens is 318 g/mol. The molecule has 0 aliphatic rings. The molecule has 2 aromatic carbocycles. The lowest BCUT2D eigenvalue weighted by Gasteiger charge is -2.12. The number of amides is 1. The first-order valence-corrected chi connectivity index (χ1v) is 7.93. The highest BCUT2D eigenvalue weighted by molar-refractivity contribution is 5.90. The fourth-order valence-corrected chi connectivity index (χ4v) is 2.08. The van der Waals surface area contributed by atoms with Crippen LogP contribution in [0.15, 0.2) is 60.7 Å². The minimum atomic E-state index is -0.864. The Bertz CT molecular complexity index is 723. The van der Waals surface area contributed by atoms with Gasteiger partial charge in [-0.15, -0.1) is 0 Å². The molecule has 0 aliphatic heterocycles. The van der Waals surface area contributed by atoms with Gasteiger partial charge in [0.25, 0.3) is 5.91 Å². The summed E-state index contributed by atoms with van der Waals surface area (Å²) in [6.45, 7) is 1.93. The maximum absolute atomic E-state index is 12.0. The molecule has 1 N–H and O–H groups in total. The van der Waals surface area contributed by atoms with E-state index in [9.17, 15) is 9.59 Å². The average molecular weight is 339 g/mol. The summed E-state index contributed by atoms with van der Waals surface area (Å²) in [7, 11) is 1.59. The van der Waals surface area contributed by atoms with Crippen molar-refractivity contribution in [3.8, 4) is 5.75 Å². The van der Waals surface area contributed by atoms with Gasteiger partial charge in [-0.3, -0.25) is 4.79 Å². The molecule has 0 radical (unpaired) electrons. The lowest BCUT2D eigenvalue weighted by molar-refractivity contribution is -0.150. The van der Waals surface area contributed by atoms with Crippen LogP contribution in [-0.4, -0.2) is 25.1 Å². The molecule has 0 saturated carbocycles. The van der Waals surface area contributed by atoms with E-state index in [1.54, 1.807) is 32.2 Å². The van der Waals surface area contributed by atoms with Gasteiger partial charge in [-0.2, -0.15) is 0 Å². The number of rotatable bonds is 7. The average Bonchev–Trinajstić information content (AvgIpc) is 2.65. The Morgan fingerprint density at radius 3 is 2.40 bits per heavy atom. The van der Waals surface area contributed by atoms with Crippen LogP contribution < -0.4 is 10.1 Å². The highest BCUT2D eigenvalue weighted by Crippen LogP contribution is 2.12. The van der Waals surface area contributed by atoms with Crippen molar-refractivity contribution in [2.75, 3.05) is 7.11 Å². The first-order valence-electron chi connectivity index (χ1n) is 7.93. The summed E-state index contributed by atoms with van der Waals surface area (Å²) in [6, 6.07) is 16.8. The normalized spacial score (nSPS) is 11.8. The molecular formula is C20H21NO4. The van der Waals surface area contributed by atoms with Gasteiger partial charge in [0.05, 0.1) is 7.11 Å². The molecule has 2 rings (SSSR count). The van der Waals surface area contributed by atoms with Crippen molar-refractivity contribution in [3.05, 3.63) is 71.8 Å². The van der Waals surface area contributed by atoms with Crippen LogP contribution in [0.2, 0.25) is 0 Å². The number of hydrogen-bond donors (Lipinski definition) is 1. The van der Waals surface area contributed by atoms with Gasteiger partial charge in [-0.05, 0) is 36.3 Å². The van der Waals surface area contributed by atoms with Crippen molar-refractivity contribution < 1.29 is 19.1 Å². The standard InChI is InChI=1S/C20H21NO4/c1-15(20(23)21-14-17-6-4-3-5-7-17)25-19(22)13-10-16-8-11-18(24-2)12-9-16/h3-13,15H,14H2,1-2H3,(H,21,23)/b13-10+/t15-/m0/s1. The number of hydrogen-bond acceptors (Lipinski definition) is 4. The van der Waals surface area contributed by atoms with Crippen molar-refractivity contribution in [1.82, 2.24) is 5.32 Å². The Morgan fingerprint density at radius 2 is 1.76 bits per heavy atom. The fourth-order valence-electron chi connectivity index (χ4n) is 2.08. The second-order valence-electron chi connectivity index (χ2n) is 5.39. The Morgan fingerprint density at radius 1 is 1.08 bits per heavy atom. The van der Waals surface area contributed by atoms with Gasteiger partial charge in [-0.25, -0.2) is 4.79 Å². The van der Waals surface area contributed by atoms with E-state index >= 15 is 0 Å². The third-order valence-corrected chi connectivity index (χ3v) is 3.50. The van der Waals surface area contributed by atoms with Gasteiger partial charge < -0.3 is 14.8 Å². The van der Waals surface area contributed by atoms with E-state index in [1.165, 1.54) is 6.08 Å². The molecule has 1 amide bonds. The largest absolute Gasteiger partial charge is 0.497 e. The van der Waals surface area contributed by atoms with Crippen LogP contribution in [0, 0.1) is 0 Å². The zero-order valence-electron chi connectivity index (χ0n) is 14.3. The molecule has 0 heterocycles. The minimum Gasteiger partial charge on any atom is -0.497 e. The van der Waals surface area contributed by atoms with Gasteiger partial charge >= 0.3 is 5.97 Å². The van der Waals surface area contributed by atoms with Gasteiger partial charge in [0.2, 0.25) is 0 Å². The molecule has 0 spiro atoms. The highest BCUT2D eigenvalue weighted by atomic mass is 16.5. The van der Waals surface area contributed by atoms with Crippen molar-refractivity contribution in [2.24, 2.45) is 0 Å². The fraction of sp³-hybridized carbons (Fsp3) is 0.200. The zero-order valence-corrected chi connectivity index (χ0v) is 14.3. The lowest BCUT2D eigenvalue weighted by atomic mass is 10.2. The summed E-state index contributed by atoms with van der Waals surface area (Å²) in [5.74, 6) is -0.170. The summed E-state index contributed by atoms with van der Waals surface area (Å²) in [5.41, 5.74) is 1.81. The molecule has 0 unspecified atom stereocenters. The van der Waals surface area contributed by atoms with Crippen LogP contribution in [0.4, 0.5) is 0 Å². The molecule has 25 heavy (non-hydrogen) atoms. The van der Waals surface area contributed by atoms with E-state index in [-0.39, 0.29) is 5.91 Å². The molecule has 130 valence electrons. The predicted molar refractivity (Wildman–Crippen MR) is 95.9 cm³/mol. The first kappa shape index (κ1) is 18.3. The molecule has 0 aliphatic carbocycles. The SMILES string of the molecule is COc1ccc(/C=C/C(=O)O[C@@H](C)C(=O)NCc2ccccc2)cc1. The number of benzene rings is 2. The van der Waals surface area contributed by atoms with Crippen LogP contribution in [0.25, 0.3) is 6.08 Å². The lowest BCUT2D eigenvalue weighted by Crippen LogP contribution is -2.35. The molecule has 5 heteroatoms. The van der Waals surface area contributed by atoms with E-state index in [1.807, 2.05) is 42.5 Å². The summed E-state index contributed by atoms with van der Waals surface area (Å²) >= 11 is 0. The molecule has 1 atom stereocenters. The third-order valence-electron chi connectivity index (χ3n) is 3.50. The zero-order chi connectivity index (χ0) is 18.1. The van der Waals surface area contributed by atoms with Crippen molar-refractivity contribution in [3.63, 3.8) is 0 Å². The number of esters is 1. The van der Waals surface area contributed by atoms with E-state index in [4.69, 9.17) is 9.47 Å². The second kappa shape index (κ2) is 9.27. The minimum absolute atomic E-state index is 0.338. The Balaban J connectivity index is 1.80. The van der Waals surface area contributed by atoms with Crippen LogP contribution in [0.5, 0.6) is 5.75 Å². The molecule has 0 saturated heterocycles. The third kappa shape index (κ3) is 6.14. The second-order valence-corrected chi connectivity index (χ2v) is 5.39. The number of carbonyl (C=O) groups is 2. The number of carbonyl (C=O) groups excluding carboxylic acids is 2. The van der Waals surface area contributed by atoms with Crippen LogP contribution in [0.1, 0.15) is 18.1 Å². The number of ether oxygens (including phenoxy) is 2. The van der Waals surface area contributed by atoms with Crippen molar-refractivity contribution in [2.45, 2.75) is 19.6 Å². The highest BCUT2D eigenvalue weighted by Gasteiger charge is 2.15. The van der Waals surface area contributed by atoms with Crippen molar-refractivity contribution in [1.29, 1.82) is 0 Å². The first-order chi connectivity index (χ1) is 12.1. The Hall–Kier alpha value is -3.08. The molecule has 0 aromatic heterocycles. The topological polar surface area (TPSA) is 64.6 Å². The quantitative estimate of drug-likeness (QED) is 0.622. The summed E-state index contributed by atoms with van der Waals surface area (Å²) in [6.07, 6.45) is 2.05. The van der Waals surface area contributed by atoms with Gasteiger partial charge in [-0.1, -0.05) is 42.5 Å². The van der Waals surface area contributed by atoms with Gasteiger partial charge in [0.1, 0.15) is 5.75 Å². The molecule has 0 fully saturated rings. The van der Waals surface area contributed by atoms with E-state index < -0.39 is 12.1 Å². The van der Waals surface area contributed by atoms with E-state index in [0.29, 0.717) is 6.54 Å². The number of methoxy groups -OCH3 is 1. The van der Waals surface area contributed by atoms with E-state index in [0.717, 1.165) is 16.9 Å². The van der Waals surface area contributed by atoms with Crippen LogP contribution in [0.3, 0.4) is 0 Å². The Kier molecular flexibility index (Phi) is 6.77. The summed E-state index contributed by atoms with van der Waals surface area (Å²) < 4.78 is 10.2. The monoisotopic (exact) mass is 339 g/mol. The van der Waals surface area contributed by atoms with Crippen molar-refractivity contribution >= 4 is 18.0 Å². The smallest absolute Gasteiger partial charge is 0.331 e. The maximum atomic E-state index is 12.0. The van der Waals surface area contributed by atoms with Gasteiger partial charge in [0.15, 0.2) is 6.10 Å². The summed E-state index contributed by atoms with van der Waals surface area (Å²) in [4.78, 5) is 23.8. The summed E-state index contributed by atoms with van der Waals surface area (Å²) in [5, 5.41) is 2.74. The van der Waals surface area contributed by atoms with Crippen LogP contribution >= 0.6 is 0 Å². The van der Waals surface area contributed by atoms with Crippen LogP contribution in [-0.2, 0) is 20.9 Å². The van der Waals surface area contributed by atoms with Gasteiger partial charge in [0, 0.05) is 12.6 Å². The maximum Gasteiger partial charge on any atom is 0.331 e. The Labute approximate surface area is 147 Å². The molecule has 5 nitrogen and oxygen atoms in total. The predicted octanol–water partition coefficient (Wildman–Crippen LogP) is 2.96.